The fourth-order valence-corrected chi connectivity index (χ4v) is 1.86. The SMILES string of the molecule is [CH]=C(CC(C)(C)OCCC)OC1CCCCO1. The molecule has 1 saturated heterocycles. The van der Waals surface area contributed by atoms with Crippen molar-refractivity contribution >= 4 is 0 Å². The molecule has 0 amide bonds. The Balaban J connectivity index is 2.27. The Morgan fingerprint density at radius 1 is 1.41 bits per heavy atom. The lowest BCUT2D eigenvalue weighted by Gasteiger charge is -2.29. The third-order valence-corrected chi connectivity index (χ3v) is 2.72. The van der Waals surface area contributed by atoms with Crippen LogP contribution in [0.5, 0.6) is 0 Å². The molecular formula is C14H25O3. The van der Waals surface area contributed by atoms with Gasteiger partial charge in [0, 0.05) is 19.4 Å². The highest BCUT2D eigenvalue weighted by molar-refractivity contribution is 4.89. The number of hydrogen-bond acceptors (Lipinski definition) is 3. The molecular weight excluding hydrogens is 216 g/mol. The maximum atomic E-state index is 5.90. The van der Waals surface area contributed by atoms with Crippen molar-refractivity contribution in [3.05, 3.63) is 12.3 Å². The zero-order chi connectivity index (χ0) is 12.7. The normalized spacial score (nSPS) is 21.2. The van der Waals surface area contributed by atoms with E-state index in [1.807, 2.05) is 13.8 Å². The summed E-state index contributed by atoms with van der Waals surface area (Å²) in [5.41, 5.74) is -0.269. The van der Waals surface area contributed by atoms with E-state index in [0.717, 1.165) is 38.9 Å². The van der Waals surface area contributed by atoms with Gasteiger partial charge in [-0.25, -0.2) is 0 Å². The van der Waals surface area contributed by atoms with Crippen LogP contribution in [-0.4, -0.2) is 25.1 Å². The molecule has 3 nitrogen and oxygen atoms in total. The minimum Gasteiger partial charge on any atom is -0.469 e. The van der Waals surface area contributed by atoms with Crippen LogP contribution in [0.4, 0.5) is 0 Å². The van der Waals surface area contributed by atoms with Gasteiger partial charge in [0.05, 0.1) is 12.2 Å². The van der Waals surface area contributed by atoms with Crippen LogP contribution in [0.2, 0.25) is 0 Å². The van der Waals surface area contributed by atoms with Gasteiger partial charge in [0.1, 0.15) is 5.76 Å². The van der Waals surface area contributed by atoms with Gasteiger partial charge >= 0.3 is 0 Å². The fourth-order valence-electron chi connectivity index (χ4n) is 1.86. The minimum atomic E-state index is -0.269. The number of rotatable bonds is 7. The molecule has 1 atom stereocenters. The zero-order valence-corrected chi connectivity index (χ0v) is 11.3. The molecule has 1 radical (unpaired) electrons. The van der Waals surface area contributed by atoms with Crippen LogP contribution in [0.15, 0.2) is 5.76 Å². The van der Waals surface area contributed by atoms with E-state index in [1.165, 1.54) is 0 Å². The molecule has 1 unspecified atom stereocenters. The van der Waals surface area contributed by atoms with E-state index in [2.05, 4.69) is 6.92 Å². The van der Waals surface area contributed by atoms with Gasteiger partial charge in [-0.1, -0.05) is 6.92 Å². The molecule has 0 saturated carbocycles. The summed E-state index contributed by atoms with van der Waals surface area (Å²) in [4.78, 5) is 0. The first-order valence-corrected chi connectivity index (χ1v) is 6.57. The predicted octanol–water partition coefficient (Wildman–Crippen LogP) is 3.44. The molecule has 0 aromatic carbocycles. The van der Waals surface area contributed by atoms with Crippen LogP contribution in [0.3, 0.4) is 0 Å². The lowest BCUT2D eigenvalue weighted by Crippen LogP contribution is -2.28. The van der Waals surface area contributed by atoms with E-state index in [0.29, 0.717) is 12.2 Å². The summed E-state index contributed by atoms with van der Waals surface area (Å²) in [7, 11) is 0. The van der Waals surface area contributed by atoms with Gasteiger partial charge < -0.3 is 14.2 Å². The Morgan fingerprint density at radius 3 is 2.76 bits per heavy atom. The molecule has 1 rings (SSSR count). The molecule has 1 fully saturated rings. The fraction of sp³-hybridized carbons (Fsp3) is 0.857. The summed E-state index contributed by atoms with van der Waals surface area (Å²) >= 11 is 0. The molecule has 0 N–H and O–H groups in total. The van der Waals surface area contributed by atoms with Crippen molar-refractivity contribution in [1.82, 2.24) is 0 Å². The van der Waals surface area contributed by atoms with Crippen LogP contribution in [0, 0.1) is 6.58 Å². The lowest BCUT2D eigenvalue weighted by molar-refractivity contribution is -0.145. The van der Waals surface area contributed by atoms with Gasteiger partial charge in [0.2, 0.25) is 0 Å². The smallest absolute Gasteiger partial charge is 0.199 e. The van der Waals surface area contributed by atoms with Crippen LogP contribution in [0.25, 0.3) is 0 Å². The molecule has 17 heavy (non-hydrogen) atoms. The van der Waals surface area contributed by atoms with E-state index in [4.69, 9.17) is 20.8 Å². The first-order chi connectivity index (χ1) is 8.03. The summed E-state index contributed by atoms with van der Waals surface area (Å²) in [5.74, 6) is 0.512. The summed E-state index contributed by atoms with van der Waals surface area (Å²) in [6, 6.07) is 0. The highest BCUT2D eigenvalue weighted by atomic mass is 16.7. The topological polar surface area (TPSA) is 27.7 Å². The van der Waals surface area contributed by atoms with E-state index in [9.17, 15) is 0 Å². The second kappa shape index (κ2) is 7.02. The summed E-state index contributed by atoms with van der Waals surface area (Å²) < 4.78 is 16.8. The van der Waals surface area contributed by atoms with E-state index in [1.54, 1.807) is 0 Å². The highest BCUT2D eigenvalue weighted by Crippen LogP contribution is 2.23. The third kappa shape index (κ3) is 6.08. The molecule has 1 heterocycles. The first kappa shape index (κ1) is 14.5. The molecule has 1 aliphatic rings. The Hall–Kier alpha value is -0.540. The molecule has 99 valence electrons. The van der Waals surface area contributed by atoms with Crippen molar-refractivity contribution in [2.45, 2.75) is 64.8 Å². The van der Waals surface area contributed by atoms with Crippen molar-refractivity contribution in [2.24, 2.45) is 0 Å². The Morgan fingerprint density at radius 2 is 2.18 bits per heavy atom. The van der Waals surface area contributed by atoms with Crippen LogP contribution in [-0.2, 0) is 14.2 Å². The molecule has 0 aliphatic carbocycles. The number of hydrogen-bond donors (Lipinski definition) is 0. The molecule has 0 bridgehead atoms. The highest BCUT2D eigenvalue weighted by Gasteiger charge is 2.23. The van der Waals surface area contributed by atoms with Crippen LogP contribution in [0.1, 0.15) is 52.9 Å². The predicted molar refractivity (Wildman–Crippen MR) is 67.4 cm³/mol. The maximum Gasteiger partial charge on any atom is 0.199 e. The Kier molecular flexibility index (Phi) is 6.00. The van der Waals surface area contributed by atoms with Crippen LogP contribution < -0.4 is 0 Å². The lowest BCUT2D eigenvalue weighted by atomic mass is 10.0. The standard InChI is InChI=1S/C14H25O3/c1-5-9-16-14(3,4)11-12(2)17-13-8-6-7-10-15-13/h2,13H,5-11H2,1,3-4H3. The van der Waals surface area contributed by atoms with Gasteiger partial charge in [-0.2, -0.15) is 0 Å². The van der Waals surface area contributed by atoms with Crippen molar-refractivity contribution in [3.63, 3.8) is 0 Å². The monoisotopic (exact) mass is 241 g/mol. The maximum absolute atomic E-state index is 5.90. The van der Waals surface area contributed by atoms with Crippen molar-refractivity contribution in [3.8, 4) is 0 Å². The minimum absolute atomic E-state index is 0.161. The summed E-state index contributed by atoms with van der Waals surface area (Å²) in [5, 5.41) is 0. The summed E-state index contributed by atoms with van der Waals surface area (Å²) in [6.07, 6.45) is 4.64. The average Bonchev–Trinajstić information content (AvgIpc) is 2.27. The van der Waals surface area contributed by atoms with Crippen LogP contribution >= 0.6 is 0 Å². The van der Waals surface area contributed by atoms with Gasteiger partial charge in [-0.05, 0) is 39.7 Å². The quantitative estimate of drug-likeness (QED) is 0.639. The Bertz CT molecular complexity index is 230. The van der Waals surface area contributed by atoms with Crippen molar-refractivity contribution in [2.75, 3.05) is 13.2 Å². The van der Waals surface area contributed by atoms with E-state index in [-0.39, 0.29) is 11.9 Å². The second-order valence-corrected chi connectivity index (χ2v) is 5.17. The second-order valence-electron chi connectivity index (χ2n) is 5.17. The zero-order valence-electron chi connectivity index (χ0n) is 11.3. The molecule has 3 heteroatoms. The van der Waals surface area contributed by atoms with Gasteiger partial charge in [0.15, 0.2) is 6.29 Å². The van der Waals surface area contributed by atoms with Gasteiger partial charge in [0.25, 0.3) is 0 Å². The molecule has 0 aromatic rings. The van der Waals surface area contributed by atoms with Gasteiger partial charge in [-0.3, -0.25) is 0 Å². The molecule has 0 aromatic heterocycles. The van der Waals surface area contributed by atoms with E-state index >= 15 is 0 Å². The van der Waals surface area contributed by atoms with Crippen molar-refractivity contribution < 1.29 is 14.2 Å². The molecule has 0 spiro atoms. The third-order valence-electron chi connectivity index (χ3n) is 2.72. The largest absolute Gasteiger partial charge is 0.469 e. The Labute approximate surface area is 105 Å². The summed E-state index contributed by atoms with van der Waals surface area (Å²) in [6.45, 7) is 13.6. The average molecular weight is 241 g/mol. The first-order valence-electron chi connectivity index (χ1n) is 6.57. The van der Waals surface area contributed by atoms with Gasteiger partial charge in [-0.15, -0.1) is 0 Å². The number of ether oxygens (including phenoxy) is 3. The molecule has 1 aliphatic heterocycles. The van der Waals surface area contributed by atoms with Crippen molar-refractivity contribution in [1.29, 1.82) is 0 Å². The van der Waals surface area contributed by atoms with E-state index < -0.39 is 0 Å².